The molecule has 11 aromatic rings. The first-order valence-corrected chi connectivity index (χ1v) is 20.6. The molecule has 57 heavy (non-hydrogen) atoms. The zero-order valence-electron chi connectivity index (χ0n) is 33.8. The van der Waals surface area contributed by atoms with Crippen molar-refractivity contribution in [3.8, 4) is 22.3 Å². The molecular weight excluding hydrogens is 687 g/mol. The van der Waals surface area contributed by atoms with E-state index in [0.29, 0.717) is 0 Å². The van der Waals surface area contributed by atoms with Gasteiger partial charge in [-0.25, -0.2) is 0 Å². The van der Waals surface area contributed by atoms with E-state index in [-0.39, 0.29) is 10.8 Å². The quantitative estimate of drug-likeness (QED) is 0.164. The molecule has 0 spiro atoms. The fraction of sp³-hybridized carbons (Fsp3) is 0.179. The van der Waals surface area contributed by atoms with Crippen LogP contribution in [-0.2, 0) is 23.7 Å². The minimum Gasteiger partial charge on any atom is -0.361 e. The summed E-state index contributed by atoms with van der Waals surface area (Å²) in [7, 11) is 0. The second-order valence-corrected chi connectivity index (χ2v) is 18.5. The number of hydrogen-bond acceptors (Lipinski definition) is 0. The van der Waals surface area contributed by atoms with Gasteiger partial charge in [-0.05, 0) is 121 Å². The molecule has 0 unspecified atom stereocenters. The molecule has 1 nitrogen and oxygen atoms in total. The first-order valence-electron chi connectivity index (χ1n) is 20.6. The van der Waals surface area contributed by atoms with Crippen molar-refractivity contribution in [2.45, 2.75) is 65.2 Å². The Bertz CT molecular complexity index is 3060. The van der Waals surface area contributed by atoms with E-state index >= 15 is 0 Å². The fourth-order valence-corrected chi connectivity index (χ4v) is 10.4. The lowest BCUT2D eigenvalue weighted by Gasteiger charge is -2.24. The molecule has 0 saturated heterocycles. The van der Waals surface area contributed by atoms with Crippen LogP contribution < -0.4 is 0 Å². The van der Waals surface area contributed by atoms with E-state index in [9.17, 15) is 0 Å². The zero-order valence-corrected chi connectivity index (χ0v) is 33.8. The van der Waals surface area contributed by atoms with Crippen LogP contribution in [0.25, 0.3) is 86.9 Å². The van der Waals surface area contributed by atoms with E-state index in [1.807, 2.05) is 0 Å². The summed E-state index contributed by atoms with van der Waals surface area (Å²) in [6, 6.07) is 55.0. The number of hydrogen-bond donors (Lipinski definition) is 1. The second-order valence-electron chi connectivity index (χ2n) is 18.5. The molecule has 0 aliphatic heterocycles. The number of H-pyrrole nitrogens is 1. The lowest BCUT2D eigenvalue weighted by atomic mass is 9.79. The largest absolute Gasteiger partial charge is 0.361 e. The van der Waals surface area contributed by atoms with Gasteiger partial charge in [0.05, 0.1) is 0 Å². The van der Waals surface area contributed by atoms with Crippen LogP contribution in [0.1, 0.15) is 75.2 Å². The molecule has 276 valence electrons. The maximum Gasteiger partial charge on any atom is 0.0280 e. The standard InChI is InChI=1S/C56H47N/c1-55(2,3)44-23-15-13-21-36(44)40-31-42-49-46(29-33-17-9-7-10-18-33)57-47(30-34-19-11-8-12-20-34)50(49)43-32-41(37-22-14-16-24-45(37)56(4,5)6)39-28-26-35-25-27-38(40)51-48(35)52(39)54(43)53(42)51/h7-28,31-32,57H,29-30H2,1-6H3. The van der Waals surface area contributed by atoms with Gasteiger partial charge >= 0.3 is 0 Å². The first-order chi connectivity index (χ1) is 27.6. The second kappa shape index (κ2) is 12.2. The molecule has 0 bridgehead atoms. The minimum atomic E-state index is -0.0187. The van der Waals surface area contributed by atoms with Gasteiger partial charge in [-0.1, -0.05) is 175 Å². The highest BCUT2D eigenvalue weighted by Gasteiger charge is 2.30. The maximum absolute atomic E-state index is 4.15. The zero-order chi connectivity index (χ0) is 38.8. The average molecular weight is 734 g/mol. The summed E-state index contributed by atoms with van der Waals surface area (Å²) < 4.78 is 0. The van der Waals surface area contributed by atoms with Crippen molar-refractivity contribution in [1.29, 1.82) is 0 Å². The SMILES string of the molecule is CC(C)(C)c1ccccc1-c1cc2c3c(Cc4ccccc4)[nH]c(Cc4ccccc4)c3c3cc(-c4ccccc4C(C)(C)C)c4ccc5ccc1c1c5c4c3c21. The van der Waals surface area contributed by atoms with Gasteiger partial charge in [-0.3, -0.25) is 0 Å². The van der Waals surface area contributed by atoms with Crippen LogP contribution in [0.3, 0.4) is 0 Å². The molecule has 10 aromatic carbocycles. The highest BCUT2D eigenvalue weighted by atomic mass is 14.7. The normalized spacial score (nSPS) is 12.9. The summed E-state index contributed by atoms with van der Waals surface area (Å²) in [5, 5.41) is 16.5. The number of rotatable bonds is 6. The van der Waals surface area contributed by atoms with Gasteiger partial charge in [0.2, 0.25) is 0 Å². The number of benzene rings is 9. The van der Waals surface area contributed by atoms with E-state index in [2.05, 4.69) is 192 Å². The van der Waals surface area contributed by atoms with Crippen LogP contribution in [-0.4, -0.2) is 4.98 Å². The van der Waals surface area contributed by atoms with Gasteiger partial charge in [0.25, 0.3) is 0 Å². The highest BCUT2D eigenvalue weighted by molar-refractivity contribution is 6.50. The Morgan fingerprint density at radius 1 is 0.351 bits per heavy atom. The molecule has 0 saturated carbocycles. The monoisotopic (exact) mass is 733 g/mol. The third kappa shape index (κ3) is 5.08. The molecule has 1 N–H and O–H groups in total. The molecule has 0 atom stereocenters. The van der Waals surface area contributed by atoms with Crippen molar-refractivity contribution < 1.29 is 0 Å². The van der Waals surface area contributed by atoms with E-state index in [1.54, 1.807) is 0 Å². The minimum absolute atomic E-state index is 0.0187. The van der Waals surface area contributed by atoms with Gasteiger partial charge in [-0.15, -0.1) is 0 Å². The number of fused-ring (bicyclic) bond motifs is 3. The summed E-state index contributed by atoms with van der Waals surface area (Å²) >= 11 is 0. The Morgan fingerprint density at radius 2 is 0.737 bits per heavy atom. The summed E-state index contributed by atoms with van der Waals surface area (Å²) in [4.78, 5) is 4.15. The summed E-state index contributed by atoms with van der Waals surface area (Å²) in [5.74, 6) is 0. The predicted octanol–water partition coefficient (Wildman–Crippen LogP) is 15.4. The van der Waals surface area contributed by atoms with Crippen LogP contribution in [0.2, 0.25) is 0 Å². The molecule has 0 aliphatic carbocycles. The van der Waals surface area contributed by atoms with E-state index in [0.717, 1.165) is 12.8 Å². The van der Waals surface area contributed by atoms with Gasteiger partial charge < -0.3 is 4.98 Å². The molecule has 1 aromatic heterocycles. The van der Waals surface area contributed by atoms with Crippen molar-refractivity contribution >= 4 is 64.6 Å². The Balaban J connectivity index is 1.39. The van der Waals surface area contributed by atoms with E-state index in [4.69, 9.17) is 0 Å². The van der Waals surface area contributed by atoms with Crippen molar-refractivity contribution in [1.82, 2.24) is 4.98 Å². The molecule has 1 heterocycles. The topological polar surface area (TPSA) is 15.8 Å². The molecule has 0 fully saturated rings. The number of aromatic nitrogens is 1. The van der Waals surface area contributed by atoms with Gasteiger partial charge in [-0.2, -0.15) is 0 Å². The van der Waals surface area contributed by atoms with Crippen molar-refractivity contribution in [3.05, 3.63) is 179 Å². The lowest BCUT2D eigenvalue weighted by Crippen LogP contribution is -2.12. The summed E-state index contributed by atoms with van der Waals surface area (Å²) in [5.41, 5.74) is 13.2. The highest BCUT2D eigenvalue weighted by Crippen LogP contribution is 2.56. The smallest absolute Gasteiger partial charge is 0.0280 e. The molecule has 0 amide bonds. The summed E-state index contributed by atoms with van der Waals surface area (Å²) in [6.45, 7) is 14.1. The Labute approximate surface area is 335 Å². The molecule has 0 aliphatic rings. The maximum atomic E-state index is 4.15. The fourth-order valence-electron chi connectivity index (χ4n) is 10.4. The molecule has 11 rings (SSSR count). The Kier molecular flexibility index (Phi) is 7.27. The van der Waals surface area contributed by atoms with Crippen LogP contribution >= 0.6 is 0 Å². The average Bonchev–Trinajstić information content (AvgIpc) is 3.76. The van der Waals surface area contributed by atoms with Crippen molar-refractivity contribution in [3.63, 3.8) is 0 Å². The van der Waals surface area contributed by atoms with Crippen LogP contribution in [0.5, 0.6) is 0 Å². The number of aromatic amines is 1. The Hall–Kier alpha value is -6.18. The molecule has 0 radical (unpaired) electrons. The summed E-state index contributed by atoms with van der Waals surface area (Å²) in [6.07, 6.45) is 1.66. The first kappa shape index (κ1) is 34.1. The number of nitrogens with one attached hydrogen (secondary N) is 1. The van der Waals surface area contributed by atoms with Gasteiger partial charge in [0, 0.05) is 35.0 Å². The third-order valence-electron chi connectivity index (χ3n) is 12.8. The van der Waals surface area contributed by atoms with Crippen molar-refractivity contribution in [2.24, 2.45) is 0 Å². The van der Waals surface area contributed by atoms with Crippen molar-refractivity contribution in [2.75, 3.05) is 0 Å². The van der Waals surface area contributed by atoms with Crippen LogP contribution in [0.15, 0.2) is 146 Å². The molecular formula is C56H47N. The van der Waals surface area contributed by atoms with Crippen LogP contribution in [0, 0.1) is 0 Å². The van der Waals surface area contributed by atoms with Gasteiger partial charge in [0.1, 0.15) is 0 Å². The third-order valence-corrected chi connectivity index (χ3v) is 12.8. The lowest BCUT2D eigenvalue weighted by molar-refractivity contribution is 0.592. The van der Waals surface area contributed by atoms with Crippen LogP contribution in [0.4, 0.5) is 0 Å². The van der Waals surface area contributed by atoms with E-state index < -0.39 is 0 Å². The Morgan fingerprint density at radius 3 is 1.16 bits per heavy atom. The molecule has 1 heteroatoms. The van der Waals surface area contributed by atoms with E-state index in [1.165, 1.54) is 121 Å². The van der Waals surface area contributed by atoms with Gasteiger partial charge in [0.15, 0.2) is 0 Å². The predicted molar refractivity (Wildman–Crippen MR) is 246 cm³/mol.